The van der Waals surface area contributed by atoms with Crippen molar-refractivity contribution in [3.8, 4) is 0 Å². The molecule has 0 atom stereocenters. The maximum atomic E-state index is 11.4. The van der Waals surface area contributed by atoms with Crippen LogP contribution in [0.5, 0.6) is 0 Å². The van der Waals surface area contributed by atoms with Crippen LogP contribution in [-0.2, 0) is 11.3 Å². The molecule has 1 aromatic heterocycles. The summed E-state index contributed by atoms with van der Waals surface area (Å²) < 4.78 is 0. The van der Waals surface area contributed by atoms with E-state index in [-0.39, 0.29) is 5.91 Å². The van der Waals surface area contributed by atoms with Gasteiger partial charge in [0, 0.05) is 6.04 Å². The summed E-state index contributed by atoms with van der Waals surface area (Å²) in [5.74, 6) is 0.464. The molecule has 0 saturated heterocycles. The van der Waals surface area contributed by atoms with Gasteiger partial charge in [-0.1, -0.05) is 18.1 Å². The van der Waals surface area contributed by atoms with Crippen molar-refractivity contribution in [3.63, 3.8) is 0 Å². The molecule has 1 aliphatic carbocycles. The van der Waals surface area contributed by atoms with Crippen LogP contribution in [0.3, 0.4) is 0 Å². The fraction of sp³-hybridized carbons (Fsp3) is 0.778. The van der Waals surface area contributed by atoms with E-state index in [1.165, 1.54) is 25.7 Å². The largest absolute Gasteiger partial charge is 0.348 e. The zero-order chi connectivity index (χ0) is 11.2. The van der Waals surface area contributed by atoms with Gasteiger partial charge in [0.05, 0.1) is 13.1 Å². The van der Waals surface area contributed by atoms with E-state index in [0.29, 0.717) is 25.0 Å². The number of hydrogen-bond acceptors (Lipinski definition) is 5. The lowest BCUT2D eigenvalue weighted by atomic mass is 10.2. The number of amides is 1. The summed E-state index contributed by atoms with van der Waals surface area (Å²) in [7, 11) is 0. The summed E-state index contributed by atoms with van der Waals surface area (Å²) in [5.41, 5.74) is 0. The molecule has 0 unspecified atom stereocenters. The monoisotopic (exact) mass is 224 g/mol. The number of nitrogens with zero attached hydrogens (tertiary/aromatic N) is 3. The predicted octanol–water partition coefficient (Wildman–Crippen LogP) is -0.652. The van der Waals surface area contributed by atoms with Gasteiger partial charge >= 0.3 is 0 Å². The van der Waals surface area contributed by atoms with Gasteiger partial charge in [0.1, 0.15) is 0 Å². The van der Waals surface area contributed by atoms with Crippen molar-refractivity contribution in [2.45, 2.75) is 38.3 Å². The fourth-order valence-corrected chi connectivity index (χ4v) is 1.86. The van der Waals surface area contributed by atoms with Gasteiger partial charge < -0.3 is 10.6 Å². The molecule has 1 heterocycles. The van der Waals surface area contributed by atoms with E-state index in [4.69, 9.17) is 0 Å². The Balaban J connectivity index is 1.60. The molecule has 0 bridgehead atoms. The number of aromatic amines is 1. The van der Waals surface area contributed by atoms with E-state index in [1.807, 2.05) is 0 Å². The molecule has 88 valence electrons. The molecule has 1 aliphatic rings. The minimum absolute atomic E-state index is 0.0308. The molecule has 1 saturated carbocycles. The maximum Gasteiger partial charge on any atom is 0.234 e. The zero-order valence-corrected chi connectivity index (χ0v) is 9.07. The molecule has 0 spiro atoms. The lowest BCUT2D eigenvalue weighted by Gasteiger charge is -2.10. The molecule has 7 nitrogen and oxygen atoms in total. The summed E-state index contributed by atoms with van der Waals surface area (Å²) >= 11 is 0. The SMILES string of the molecule is O=C(CNC1CCCC1)NCc1nn[nH]n1. The van der Waals surface area contributed by atoms with Crippen molar-refractivity contribution in [2.24, 2.45) is 0 Å². The zero-order valence-electron chi connectivity index (χ0n) is 9.07. The first-order chi connectivity index (χ1) is 7.84. The van der Waals surface area contributed by atoms with Crippen LogP contribution in [-0.4, -0.2) is 39.1 Å². The Kier molecular flexibility index (Phi) is 3.81. The van der Waals surface area contributed by atoms with Crippen molar-refractivity contribution >= 4 is 5.91 Å². The van der Waals surface area contributed by atoms with Crippen LogP contribution in [0.2, 0.25) is 0 Å². The maximum absolute atomic E-state index is 11.4. The van der Waals surface area contributed by atoms with E-state index < -0.39 is 0 Å². The average molecular weight is 224 g/mol. The van der Waals surface area contributed by atoms with Crippen LogP contribution in [0.4, 0.5) is 0 Å². The third kappa shape index (κ3) is 3.27. The first-order valence-corrected chi connectivity index (χ1v) is 5.57. The lowest BCUT2D eigenvalue weighted by molar-refractivity contribution is -0.120. The third-order valence-corrected chi connectivity index (χ3v) is 2.74. The molecule has 1 fully saturated rings. The van der Waals surface area contributed by atoms with Gasteiger partial charge in [-0.3, -0.25) is 4.79 Å². The highest BCUT2D eigenvalue weighted by atomic mass is 16.1. The summed E-state index contributed by atoms with van der Waals surface area (Å²) in [6, 6.07) is 0.510. The Labute approximate surface area is 93.4 Å². The van der Waals surface area contributed by atoms with Crippen LogP contribution in [0.15, 0.2) is 0 Å². The van der Waals surface area contributed by atoms with Crippen molar-refractivity contribution in [3.05, 3.63) is 5.82 Å². The average Bonchev–Trinajstić information content (AvgIpc) is 2.96. The second-order valence-corrected chi connectivity index (χ2v) is 3.97. The molecule has 7 heteroatoms. The van der Waals surface area contributed by atoms with Gasteiger partial charge in [-0.25, -0.2) is 0 Å². The predicted molar refractivity (Wildman–Crippen MR) is 56.3 cm³/mol. The van der Waals surface area contributed by atoms with E-state index in [0.717, 1.165) is 0 Å². The first-order valence-electron chi connectivity index (χ1n) is 5.57. The number of carbonyl (C=O) groups is 1. The van der Waals surface area contributed by atoms with Crippen molar-refractivity contribution in [1.29, 1.82) is 0 Å². The quantitative estimate of drug-likeness (QED) is 0.617. The number of H-pyrrole nitrogens is 1. The van der Waals surface area contributed by atoms with Gasteiger partial charge in [0.25, 0.3) is 0 Å². The standard InChI is InChI=1S/C9H16N6O/c16-9(6-10-7-3-1-2-4-7)11-5-8-12-14-15-13-8/h7,10H,1-6H2,(H,11,16)(H,12,13,14,15). The highest BCUT2D eigenvalue weighted by Crippen LogP contribution is 2.17. The van der Waals surface area contributed by atoms with Crippen LogP contribution in [0.25, 0.3) is 0 Å². The van der Waals surface area contributed by atoms with Crippen molar-refractivity contribution < 1.29 is 4.79 Å². The second kappa shape index (κ2) is 5.55. The lowest BCUT2D eigenvalue weighted by Crippen LogP contribution is -2.37. The number of rotatable bonds is 5. The van der Waals surface area contributed by atoms with Gasteiger partial charge in [-0.15, -0.1) is 10.2 Å². The molecular formula is C9H16N6O. The van der Waals surface area contributed by atoms with Crippen molar-refractivity contribution in [2.75, 3.05) is 6.54 Å². The molecule has 2 rings (SSSR count). The van der Waals surface area contributed by atoms with Gasteiger partial charge in [-0.2, -0.15) is 5.21 Å². The van der Waals surface area contributed by atoms with Crippen molar-refractivity contribution in [1.82, 2.24) is 31.3 Å². The van der Waals surface area contributed by atoms with E-state index in [9.17, 15) is 4.79 Å². The van der Waals surface area contributed by atoms with Gasteiger partial charge in [0.15, 0.2) is 5.82 Å². The Morgan fingerprint density at radius 2 is 2.25 bits per heavy atom. The number of tetrazole rings is 1. The molecule has 0 aromatic carbocycles. The molecule has 16 heavy (non-hydrogen) atoms. The summed E-state index contributed by atoms with van der Waals surface area (Å²) in [6.07, 6.45) is 4.89. The smallest absolute Gasteiger partial charge is 0.234 e. The topological polar surface area (TPSA) is 95.6 Å². The molecular weight excluding hydrogens is 208 g/mol. The highest BCUT2D eigenvalue weighted by molar-refractivity contribution is 5.77. The summed E-state index contributed by atoms with van der Waals surface area (Å²) in [6.45, 7) is 0.685. The number of aromatic nitrogens is 4. The minimum atomic E-state index is -0.0308. The molecule has 0 aliphatic heterocycles. The number of hydrogen-bond donors (Lipinski definition) is 3. The Morgan fingerprint density at radius 3 is 2.94 bits per heavy atom. The van der Waals surface area contributed by atoms with Crippen LogP contribution >= 0.6 is 0 Å². The Morgan fingerprint density at radius 1 is 1.44 bits per heavy atom. The Hall–Kier alpha value is -1.50. The molecule has 0 radical (unpaired) electrons. The van der Waals surface area contributed by atoms with Crippen LogP contribution < -0.4 is 10.6 Å². The first kappa shape index (κ1) is 11.0. The van der Waals surface area contributed by atoms with E-state index in [1.54, 1.807) is 0 Å². The molecule has 1 aromatic rings. The number of carbonyl (C=O) groups excluding carboxylic acids is 1. The van der Waals surface area contributed by atoms with Crippen LogP contribution in [0.1, 0.15) is 31.5 Å². The third-order valence-electron chi connectivity index (χ3n) is 2.74. The van der Waals surface area contributed by atoms with E-state index in [2.05, 4.69) is 31.3 Å². The molecule has 1 amide bonds. The fourth-order valence-electron chi connectivity index (χ4n) is 1.86. The summed E-state index contributed by atoms with van der Waals surface area (Å²) in [5, 5.41) is 19.2. The minimum Gasteiger partial charge on any atom is -0.348 e. The second-order valence-electron chi connectivity index (χ2n) is 3.97. The summed E-state index contributed by atoms with van der Waals surface area (Å²) in [4.78, 5) is 11.4. The van der Waals surface area contributed by atoms with Gasteiger partial charge in [-0.05, 0) is 12.8 Å². The molecule has 3 N–H and O–H groups in total. The van der Waals surface area contributed by atoms with E-state index >= 15 is 0 Å². The normalized spacial score (nSPS) is 16.5. The van der Waals surface area contributed by atoms with Gasteiger partial charge in [0.2, 0.25) is 5.91 Å². The highest BCUT2D eigenvalue weighted by Gasteiger charge is 2.15. The van der Waals surface area contributed by atoms with Crippen LogP contribution in [0, 0.1) is 0 Å². The number of nitrogens with one attached hydrogen (secondary N) is 3. The Bertz CT molecular complexity index is 319.